The van der Waals surface area contributed by atoms with Crippen LogP contribution in [0.1, 0.15) is 18.5 Å². The number of amidine groups is 1. The van der Waals surface area contributed by atoms with Gasteiger partial charge in [0.15, 0.2) is 0 Å². The Hall–Kier alpha value is -1.58. The van der Waals surface area contributed by atoms with Gasteiger partial charge in [0, 0.05) is 6.04 Å². The third kappa shape index (κ3) is 1.96. The first kappa shape index (κ1) is 8.04. The van der Waals surface area contributed by atoms with Crippen LogP contribution < -0.4 is 11.1 Å². The molecule has 0 amide bonds. The number of nitrogens with one attached hydrogen (secondary N) is 2. The molecule has 1 aromatic heterocycles. The monoisotopic (exact) mass is 176 g/mol. The fraction of sp³-hybridized carbons (Fsp3) is 0.333. The fourth-order valence-corrected chi connectivity index (χ4v) is 1.10. The molecule has 68 valence electrons. The number of aromatic nitrogens is 1. The van der Waals surface area contributed by atoms with Gasteiger partial charge in [0.25, 0.3) is 0 Å². The zero-order valence-corrected chi connectivity index (χ0v) is 7.25. The Balaban J connectivity index is 2.08. The number of nitrogen functional groups attached to an aromatic ring is 1. The molecule has 0 saturated heterocycles. The van der Waals surface area contributed by atoms with Crippen molar-refractivity contribution >= 4 is 11.5 Å². The summed E-state index contributed by atoms with van der Waals surface area (Å²) in [7, 11) is 0. The van der Waals surface area contributed by atoms with Crippen LogP contribution in [-0.4, -0.2) is 16.9 Å². The molecule has 0 bridgehead atoms. The summed E-state index contributed by atoms with van der Waals surface area (Å²) in [6.07, 6.45) is 4.21. The van der Waals surface area contributed by atoms with Crippen molar-refractivity contribution in [1.29, 1.82) is 5.41 Å². The van der Waals surface area contributed by atoms with Gasteiger partial charge in [-0.25, -0.2) is 0 Å². The van der Waals surface area contributed by atoms with Crippen LogP contribution in [0.25, 0.3) is 0 Å². The van der Waals surface area contributed by atoms with Crippen molar-refractivity contribution in [1.82, 2.24) is 4.98 Å². The van der Waals surface area contributed by atoms with Gasteiger partial charge in [-0.05, 0) is 25.0 Å². The minimum absolute atomic E-state index is 0.0120. The van der Waals surface area contributed by atoms with E-state index in [9.17, 15) is 0 Å². The molecule has 1 fully saturated rings. The largest absolute Gasteiger partial charge is 0.382 e. The molecule has 0 unspecified atom stereocenters. The highest BCUT2D eigenvalue weighted by Crippen LogP contribution is 2.23. The Morgan fingerprint density at radius 2 is 2.31 bits per heavy atom. The molecule has 0 aromatic carbocycles. The summed E-state index contributed by atoms with van der Waals surface area (Å²) in [6.45, 7) is 0. The lowest BCUT2D eigenvalue weighted by molar-refractivity contribution is 1.14. The molecule has 13 heavy (non-hydrogen) atoms. The molecule has 0 aliphatic heterocycles. The Morgan fingerprint density at radius 1 is 1.54 bits per heavy atom. The second-order valence-electron chi connectivity index (χ2n) is 3.26. The maximum atomic E-state index is 7.15. The van der Waals surface area contributed by atoms with E-state index in [0.717, 1.165) is 5.69 Å². The van der Waals surface area contributed by atoms with Crippen molar-refractivity contribution in [3.05, 3.63) is 24.0 Å². The molecule has 4 N–H and O–H groups in total. The molecular formula is C9H12N4. The average molecular weight is 176 g/mol. The van der Waals surface area contributed by atoms with Gasteiger partial charge in [-0.2, -0.15) is 0 Å². The van der Waals surface area contributed by atoms with E-state index in [2.05, 4.69) is 10.3 Å². The van der Waals surface area contributed by atoms with Crippen LogP contribution in [0.5, 0.6) is 0 Å². The van der Waals surface area contributed by atoms with Gasteiger partial charge in [0.2, 0.25) is 0 Å². The fourth-order valence-electron chi connectivity index (χ4n) is 1.10. The molecule has 4 heteroatoms. The predicted molar refractivity (Wildman–Crippen MR) is 51.9 cm³/mol. The smallest absolute Gasteiger partial charge is 0.141 e. The molecule has 0 spiro atoms. The van der Waals surface area contributed by atoms with Crippen molar-refractivity contribution in [3.8, 4) is 0 Å². The van der Waals surface area contributed by atoms with E-state index in [0.29, 0.717) is 11.7 Å². The molecule has 1 heterocycles. The van der Waals surface area contributed by atoms with Crippen molar-refractivity contribution in [2.75, 3.05) is 5.32 Å². The Kier molecular flexibility index (Phi) is 1.88. The van der Waals surface area contributed by atoms with Gasteiger partial charge in [-0.1, -0.05) is 0 Å². The first-order valence-corrected chi connectivity index (χ1v) is 4.33. The highest BCUT2D eigenvalue weighted by atomic mass is 15.0. The summed E-state index contributed by atoms with van der Waals surface area (Å²) < 4.78 is 0. The van der Waals surface area contributed by atoms with Crippen LogP contribution in [0.15, 0.2) is 18.3 Å². The zero-order valence-electron chi connectivity index (χ0n) is 7.25. The van der Waals surface area contributed by atoms with Gasteiger partial charge in [-0.3, -0.25) is 10.4 Å². The number of hydrogen-bond donors (Lipinski definition) is 3. The molecule has 0 radical (unpaired) electrons. The second-order valence-corrected chi connectivity index (χ2v) is 3.26. The maximum absolute atomic E-state index is 7.15. The van der Waals surface area contributed by atoms with Crippen molar-refractivity contribution in [3.63, 3.8) is 0 Å². The lowest BCUT2D eigenvalue weighted by Crippen LogP contribution is -2.13. The standard InChI is InChI=1S/C9H12N4/c10-9(11)8-4-3-7(5-12-8)13-6-1-2-6/h3-6,13H,1-2H2,(H3,10,11). The molecule has 1 aromatic rings. The van der Waals surface area contributed by atoms with Gasteiger partial charge >= 0.3 is 0 Å². The lowest BCUT2D eigenvalue weighted by Gasteiger charge is -2.03. The normalized spacial score (nSPS) is 15.4. The number of hydrogen-bond acceptors (Lipinski definition) is 3. The number of rotatable bonds is 3. The summed E-state index contributed by atoms with van der Waals surface area (Å²) in [6, 6.07) is 4.29. The zero-order chi connectivity index (χ0) is 9.26. The van der Waals surface area contributed by atoms with Crippen LogP contribution in [0.4, 0.5) is 5.69 Å². The number of nitrogens with two attached hydrogens (primary N) is 1. The quantitative estimate of drug-likeness (QED) is 0.474. The second kappa shape index (κ2) is 3.05. The molecule has 0 atom stereocenters. The van der Waals surface area contributed by atoms with E-state index >= 15 is 0 Å². The molecule has 2 rings (SSSR count). The molecule has 4 nitrogen and oxygen atoms in total. The van der Waals surface area contributed by atoms with Gasteiger partial charge in [0.05, 0.1) is 11.9 Å². The third-order valence-corrected chi connectivity index (χ3v) is 1.99. The van der Waals surface area contributed by atoms with Crippen molar-refractivity contribution in [2.45, 2.75) is 18.9 Å². The van der Waals surface area contributed by atoms with Crippen LogP contribution in [0, 0.1) is 5.41 Å². The highest BCUT2D eigenvalue weighted by molar-refractivity contribution is 5.93. The summed E-state index contributed by atoms with van der Waals surface area (Å²) in [5.41, 5.74) is 6.81. The van der Waals surface area contributed by atoms with Gasteiger partial charge in [0.1, 0.15) is 11.5 Å². The Morgan fingerprint density at radius 3 is 2.77 bits per heavy atom. The molecule has 1 saturated carbocycles. The van der Waals surface area contributed by atoms with Gasteiger partial charge < -0.3 is 11.1 Å². The average Bonchev–Trinajstić information content (AvgIpc) is 2.89. The number of anilines is 1. The number of pyridine rings is 1. The van der Waals surface area contributed by atoms with E-state index in [-0.39, 0.29) is 5.84 Å². The molecular weight excluding hydrogens is 164 g/mol. The van der Waals surface area contributed by atoms with Crippen molar-refractivity contribution < 1.29 is 0 Å². The number of nitrogens with zero attached hydrogens (tertiary/aromatic N) is 1. The summed E-state index contributed by atoms with van der Waals surface area (Å²) >= 11 is 0. The summed E-state index contributed by atoms with van der Waals surface area (Å²) in [5.74, 6) is 0.0120. The van der Waals surface area contributed by atoms with Crippen LogP contribution >= 0.6 is 0 Å². The minimum atomic E-state index is 0.0120. The SMILES string of the molecule is N=C(N)c1ccc(NC2CC2)cn1. The third-order valence-electron chi connectivity index (χ3n) is 1.99. The van der Waals surface area contributed by atoms with Crippen molar-refractivity contribution in [2.24, 2.45) is 5.73 Å². The van der Waals surface area contributed by atoms with Crippen LogP contribution in [0.3, 0.4) is 0 Å². The van der Waals surface area contributed by atoms with Crippen LogP contribution in [0.2, 0.25) is 0 Å². The maximum Gasteiger partial charge on any atom is 0.141 e. The van der Waals surface area contributed by atoms with Crippen LogP contribution in [-0.2, 0) is 0 Å². The Bertz CT molecular complexity index is 313. The summed E-state index contributed by atoms with van der Waals surface area (Å²) in [4.78, 5) is 4.05. The van der Waals surface area contributed by atoms with Gasteiger partial charge in [-0.15, -0.1) is 0 Å². The first-order chi connectivity index (χ1) is 6.25. The van der Waals surface area contributed by atoms with E-state index in [1.165, 1.54) is 12.8 Å². The van der Waals surface area contributed by atoms with E-state index in [1.807, 2.05) is 6.07 Å². The lowest BCUT2D eigenvalue weighted by atomic mass is 10.3. The highest BCUT2D eigenvalue weighted by Gasteiger charge is 2.20. The van der Waals surface area contributed by atoms with E-state index in [1.54, 1.807) is 12.3 Å². The molecule has 1 aliphatic carbocycles. The summed E-state index contributed by atoms with van der Waals surface area (Å²) in [5, 5.41) is 10.5. The topological polar surface area (TPSA) is 74.8 Å². The molecule has 1 aliphatic rings. The Labute approximate surface area is 76.7 Å². The predicted octanol–water partition coefficient (Wildman–Crippen LogP) is 0.940. The first-order valence-electron chi connectivity index (χ1n) is 4.33. The van der Waals surface area contributed by atoms with E-state index < -0.39 is 0 Å². The minimum Gasteiger partial charge on any atom is -0.382 e. The van der Waals surface area contributed by atoms with E-state index in [4.69, 9.17) is 11.1 Å².